The number of hydrogen-bond donors (Lipinski definition) is 0. The van der Waals surface area contributed by atoms with Crippen LogP contribution in [0.2, 0.25) is 5.15 Å². The van der Waals surface area contributed by atoms with E-state index in [1.807, 2.05) is 36.3 Å². The molecule has 0 unspecified atom stereocenters. The van der Waals surface area contributed by atoms with Gasteiger partial charge >= 0.3 is 0 Å². The number of hydrogen-bond acceptors (Lipinski definition) is 3. The zero-order valence-electron chi connectivity index (χ0n) is 11.4. The fourth-order valence-corrected chi connectivity index (χ4v) is 2.65. The molecule has 6 heteroatoms. The Morgan fingerprint density at radius 1 is 1.14 bits per heavy atom. The molecule has 3 heterocycles. The van der Waals surface area contributed by atoms with Gasteiger partial charge in [-0.3, -0.25) is 0 Å². The highest BCUT2D eigenvalue weighted by atomic mass is 35.5. The van der Waals surface area contributed by atoms with Crippen molar-refractivity contribution in [2.75, 3.05) is 0 Å². The second-order valence-corrected chi connectivity index (χ2v) is 5.42. The van der Waals surface area contributed by atoms with Crippen molar-refractivity contribution in [1.29, 1.82) is 0 Å². The van der Waals surface area contributed by atoms with E-state index in [1.165, 1.54) is 5.56 Å². The molecular weight excluding hydrogens is 286 g/mol. The third-order valence-corrected chi connectivity index (χ3v) is 3.78. The summed E-state index contributed by atoms with van der Waals surface area (Å²) in [5.41, 5.74) is 5.12. The highest BCUT2D eigenvalue weighted by molar-refractivity contribution is 6.29. The second kappa shape index (κ2) is 4.56. The normalized spacial score (nSPS) is 11.5. The van der Waals surface area contributed by atoms with Crippen LogP contribution in [0.3, 0.4) is 0 Å². The first-order valence-electron chi connectivity index (χ1n) is 6.60. The van der Waals surface area contributed by atoms with Gasteiger partial charge in [-0.2, -0.15) is 5.10 Å². The summed E-state index contributed by atoms with van der Waals surface area (Å²) in [6, 6.07) is 9.87. The lowest BCUT2D eigenvalue weighted by molar-refractivity contribution is 0.871. The summed E-state index contributed by atoms with van der Waals surface area (Å²) in [6.07, 6.45) is 4.41. The fourth-order valence-electron chi connectivity index (χ4n) is 2.51. The number of rotatable bonds is 2. The molecule has 4 aromatic rings. The van der Waals surface area contributed by atoms with Gasteiger partial charge in [-0.25, -0.2) is 14.5 Å². The van der Waals surface area contributed by atoms with Gasteiger partial charge in [0.05, 0.1) is 29.3 Å². The minimum Gasteiger partial charge on any atom is -0.334 e. The quantitative estimate of drug-likeness (QED) is 0.571. The van der Waals surface area contributed by atoms with Crippen molar-refractivity contribution in [1.82, 2.24) is 24.1 Å². The molecule has 4 rings (SSSR count). The summed E-state index contributed by atoms with van der Waals surface area (Å²) >= 11 is 5.96. The van der Waals surface area contributed by atoms with Gasteiger partial charge in [0.1, 0.15) is 5.15 Å². The van der Waals surface area contributed by atoms with Crippen molar-refractivity contribution in [2.45, 2.75) is 6.42 Å². The number of aromatic nitrogens is 5. The molecule has 0 saturated carbocycles. The van der Waals surface area contributed by atoms with Gasteiger partial charge in [-0.05, 0) is 29.8 Å². The first-order valence-corrected chi connectivity index (χ1v) is 6.97. The number of imidazole rings is 2. The summed E-state index contributed by atoms with van der Waals surface area (Å²) in [4.78, 5) is 8.68. The molecule has 3 aromatic heterocycles. The van der Waals surface area contributed by atoms with E-state index in [-0.39, 0.29) is 0 Å². The number of nitrogens with zero attached hydrogens (tertiary/aromatic N) is 5. The van der Waals surface area contributed by atoms with Gasteiger partial charge in [0.2, 0.25) is 0 Å². The Morgan fingerprint density at radius 3 is 2.95 bits per heavy atom. The number of fused-ring (bicyclic) bond motifs is 2. The van der Waals surface area contributed by atoms with Gasteiger partial charge in [0.25, 0.3) is 0 Å². The maximum absolute atomic E-state index is 5.96. The van der Waals surface area contributed by atoms with Crippen molar-refractivity contribution in [3.05, 3.63) is 59.3 Å². The predicted molar refractivity (Wildman–Crippen MR) is 81.5 cm³/mol. The maximum atomic E-state index is 5.96. The highest BCUT2D eigenvalue weighted by Gasteiger charge is 2.08. The molecule has 1 aromatic carbocycles. The Morgan fingerprint density at radius 2 is 2.05 bits per heavy atom. The molecule has 0 bridgehead atoms. The minimum absolute atomic E-state index is 0.462. The lowest BCUT2D eigenvalue weighted by atomic mass is 10.1. The molecule has 0 fully saturated rings. The fraction of sp³-hybridized carbons (Fsp3) is 0.133. The molecule has 21 heavy (non-hydrogen) atoms. The highest BCUT2D eigenvalue weighted by Crippen LogP contribution is 2.18. The minimum atomic E-state index is 0.462. The first-order chi connectivity index (χ1) is 10.2. The van der Waals surface area contributed by atoms with E-state index < -0.39 is 0 Å². The predicted octanol–water partition coefficient (Wildman–Crippen LogP) is 2.86. The van der Waals surface area contributed by atoms with Crippen molar-refractivity contribution < 1.29 is 0 Å². The summed E-state index contributed by atoms with van der Waals surface area (Å²) in [5.74, 6) is 0. The van der Waals surface area contributed by atoms with E-state index in [0.717, 1.165) is 28.8 Å². The van der Waals surface area contributed by atoms with Crippen LogP contribution in [0.25, 0.3) is 16.7 Å². The van der Waals surface area contributed by atoms with Gasteiger partial charge in [0.15, 0.2) is 5.65 Å². The molecule has 0 aliphatic rings. The van der Waals surface area contributed by atoms with Gasteiger partial charge < -0.3 is 4.57 Å². The third-order valence-electron chi connectivity index (χ3n) is 3.58. The summed E-state index contributed by atoms with van der Waals surface area (Å²) in [6.45, 7) is 0. The van der Waals surface area contributed by atoms with Crippen LogP contribution in [0, 0.1) is 0 Å². The number of aryl methyl sites for hydroxylation is 1. The molecule has 0 atom stereocenters. The van der Waals surface area contributed by atoms with Crippen LogP contribution in [-0.2, 0) is 13.5 Å². The Hall–Kier alpha value is -2.40. The molecule has 0 amide bonds. The Labute approximate surface area is 125 Å². The molecule has 0 aliphatic heterocycles. The Bertz CT molecular complexity index is 953. The van der Waals surface area contributed by atoms with Crippen molar-refractivity contribution in [3.63, 3.8) is 0 Å². The van der Waals surface area contributed by atoms with Crippen LogP contribution in [0.15, 0.2) is 42.9 Å². The van der Waals surface area contributed by atoms with Gasteiger partial charge in [-0.1, -0.05) is 17.7 Å². The second-order valence-electron chi connectivity index (χ2n) is 5.03. The zero-order chi connectivity index (χ0) is 14.4. The maximum Gasteiger partial charge on any atom is 0.153 e. The van der Waals surface area contributed by atoms with Crippen LogP contribution in [0.5, 0.6) is 0 Å². The van der Waals surface area contributed by atoms with E-state index in [1.54, 1.807) is 10.6 Å². The summed E-state index contributed by atoms with van der Waals surface area (Å²) in [5, 5.41) is 4.77. The Kier molecular flexibility index (Phi) is 2.68. The molecule has 0 spiro atoms. The van der Waals surface area contributed by atoms with Crippen LogP contribution in [0.4, 0.5) is 0 Å². The average molecular weight is 298 g/mol. The average Bonchev–Trinajstić information content (AvgIpc) is 3.04. The topological polar surface area (TPSA) is 48.0 Å². The first kappa shape index (κ1) is 12.3. The molecule has 0 N–H and O–H groups in total. The van der Waals surface area contributed by atoms with E-state index >= 15 is 0 Å². The molecular formula is C15H12ClN5. The summed E-state index contributed by atoms with van der Waals surface area (Å²) in [7, 11) is 1.99. The van der Waals surface area contributed by atoms with Crippen LogP contribution in [0.1, 0.15) is 11.3 Å². The van der Waals surface area contributed by atoms with E-state index in [2.05, 4.69) is 27.2 Å². The lowest BCUT2D eigenvalue weighted by Crippen LogP contribution is -1.99. The zero-order valence-corrected chi connectivity index (χ0v) is 12.1. The largest absolute Gasteiger partial charge is 0.334 e. The molecule has 0 radical (unpaired) electrons. The Balaban J connectivity index is 1.78. The molecule has 0 saturated heterocycles. The monoisotopic (exact) mass is 297 g/mol. The van der Waals surface area contributed by atoms with Crippen molar-refractivity contribution >= 4 is 28.3 Å². The molecule has 0 aliphatic carbocycles. The SMILES string of the molecule is Cn1cnc2ccc(Cc3cnc4ccc(Cl)nn34)cc21. The van der Waals surface area contributed by atoms with Crippen molar-refractivity contribution in [2.24, 2.45) is 7.05 Å². The van der Waals surface area contributed by atoms with Crippen LogP contribution < -0.4 is 0 Å². The van der Waals surface area contributed by atoms with Gasteiger partial charge in [0, 0.05) is 13.5 Å². The van der Waals surface area contributed by atoms with E-state index in [4.69, 9.17) is 11.6 Å². The number of halogens is 1. The standard InChI is InChI=1S/C15H12ClN5/c1-20-9-18-12-3-2-10(7-13(12)20)6-11-8-17-15-5-4-14(16)19-21(11)15/h2-5,7-9H,6H2,1H3. The van der Waals surface area contributed by atoms with Crippen molar-refractivity contribution in [3.8, 4) is 0 Å². The number of benzene rings is 1. The summed E-state index contributed by atoms with van der Waals surface area (Å²) < 4.78 is 3.80. The molecule has 5 nitrogen and oxygen atoms in total. The lowest BCUT2D eigenvalue weighted by Gasteiger charge is -2.03. The van der Waals surface area contributed by atoms with Crippen LogP contribution >= 0.6 is 11.6 Å². The van der Waals surface area contributed by atoms with Gasteiger partial charge in [-0.15, -0.1) is 0 Å². The third kappa shape index (κ3) is 2.06. The van der Waals surface area contributed by atoms with E-state index in [0.29, 0.717) is 5.15 Å². The molecule has 104 valence electrons. The van der Waals surface area contributed by atoms with Crippen LogP contribution in [-0.4, -0.2) is 24.1 Å². The van der Waals surface area contributed by atoms with E-state index in [9.17, 15) is 0 Å². The smallest absolute Gasteiger partial charge is 0.153 e.